The van der Waals surface area contributed by atoms with E-state index in [0.29, 0.717) is 6.04 Å². The number of hydrogen-bond donors (Lipinski definition) is 1. The molecule has 4 heteroatoms. The number of aryl methyl sites for hydroxylation is 1. The minimum absolute atomic E-state index is 0.622. The zero-order chi connectivity index (χ0) is 13.9. The first-order valence-corrected chi connectivity index (χ1v) is 8.06. The summed E-state index contributed by atoms with van der Waals surface area (Å²) in [5.41, 5.74) is 3.48. The summed E-state index contributed by atoms with van der Waals surface area (Å²) in [5.74, 6) is 0. The van der Waals surface area contributed by atoms with Gasteiger partial charge in [-0.05, 0) is 43.5 Å². The summed E-state index contributed by atoms with van der Waals surface area (Å²) < 4.78 is 3.29. The van der Waals surface area contributed by atoms with Crippen LogP contribution in [0.25, 0.3) is 0 Å². The highest BCUT2D eigenvalue weighted by atomic mass is 79.9. The molecule has 3 nitrogen and oxygen atoms in total. The lowest BCUT2D eigenvalue weighted by Crippen LogP contribution is -2.07. The van der Waals surface area contributed by atoms with Gasteiger partial charge < -0.3 is 5.32 Å². The molecule has 2 aromatic rings. The Morgan fingerprint density at radius 3 is 2.85 bits per heavy atom. The average Bonchev–Trinajstić information content (AvgIpc) is 3.09. The van der Waals surface area contributed by atoms with Gasteiger partial charge >= 0.3 is 0 Å². The first-order valence-electron chi connectivity index (χ1n) is 7.26. The lowest BCUT2D eigenvalue weighted by molar-refractivity contribution is 0.463. The topological polar surface area (TPSA) is 29.9 Å². The van der Waals surface area contributed by atoms with Crippen LogP contribution in [0.2, 0.25) is 0 Å². The Morgan fingerprint density at radius 1 is 1.30 bits per heavy atom. The predicted molar refractivity (Wildman–Crippen MR) is 85.9 cm³/mol. The summed E-state index contributed by atoms with van der Waals surface area (Å²) in [6.07, 6.45) is 7.36. The molecule has 0 amide bonds. The Bertz CT molecular complexity index is 585. The van der Waals surface area contributed by atoms with Crippen LogP contribution in [0, 0.1) is 6.92 Å². The van der Waals surface area contributed by atoms with Gasteiger partial charge in [-0.3, -0.25) is 4.68 Å². The molecule has 0 radical (unpaired) electrons. The van der Waals surface area contributed by atoms with Gasteiger partial charge in [-0.15, -0.1) is 0 Å². The van der Waals surface area contributed by atoms with Crippen LogP contribution in [-0.4, -0.2) is 9.78 Å². The molecule has 1 aromatic carbocycles. The second kappa shape index (κ2) is 6.00. The molecule has 1 aliphatic rings. The average molecular weight is 334 g/mol. The molecular weight excluding hydrogens is 314 g/mol. The smallest absolute Gasteiger partial charge is 0.0815 e. The summed E-state index contributed by atoms with van der Waals surface area (Å²) >= 11 is 3.56. The van der Waals surface area contributed by atoms with Gasteiger partial charge in [0.05, 0.1) is 18.3 Å². The number of anilines is 1. The van der Waals surface area contributed by atoms with Gasteiger partial charge in [-0.1, -0.05) is 34.8 Å². The van der Waals surface area contributed by atoms with E-state index >= 15 is 0 Å². The van der Waals surface area contributed by atoms with Crippen molar-refractivity contribution in [1.82, 2.24) is 9.78 Å². The van der Waals surface area contributed by atoms with Gasteiger partial charge in [0, 0.05) is 16.4 Å². The summed E-state index contributed by atoms with van der Waals surface area (Å²) in [6, 6.07) is 9.08. The quantitative estimate of drug-likeness (QED) is 0.880. The molecule has 1 N–H and O–H groups in total. The minimum atomic E-state index is 0.622. The van der Waals surface area contributed by atoms with Crippen molar-refractivity contribution in [2.24, 2.45) is 0 Å². The third-order valence-electron chi connectivity index (χ3n) is 4.01. The highest BCUT2D eigenvalue weighted by molar-refractivity contribution is 9.10. The van der Waals surface area contributed by atoms with Crippen LogP contribution in [0.15, 0.2) is 34.9 Å². The van der Waals surface area contributed by atoms with Crippen LogP contribution in [0.3, 0.4) is 0 Å². The molecule has 0 spiro atoms. The third kappa shape index (κ3) is 3.06. The Hall–Kier alpha value is -1.29. The Labute approximate surface area is 128 Å². The summed E-state index contributed by atoms with van der Waals surface area (Å²) in [6.45, 7) is 2.87. The number of benzene rings is 1. The molecule has 106 valence electrons. The predicted octanol–water partition coefficient (Wildman–Crippen LogP) is 4.68. The molecule has 0 aliphatic heterocycles. The molecule has 1 fully saturated rings. The monoisotopic (exact) mass is 333 g/mol. The number of rotatable bonds is 4. The number of aromatic nitrogens is 2. The van der Waals surface area contributed by atoms with E-state index < -0.39 is 0 Å². The van der Waals surface area contributed by atoms with E-state index in [0.717, 1.165) is 22.4 Å². The normalized spacial score (nSPS) is 15.7. The van der Waals surface area contributed by atoms with Gasteiger partial charge in [-0.2, -0.15) is 5.10 Å². The SMILES string of the molecule is Cc1ccc(NCc2ccn(C3CCCC3)n2)cc1Br. The molecule has 1 aromatic heterocycles. The molecule has 3 rings (SSSR count). The Morgan fingerprint density at radius 2 is 2.10 bits per heavy atom. The van der Waals surface area contributed by atoms with Crippen molar-refractivity contribution in [3.8, 4) is 0 Å². The van der Waals surface area contributed by atoms with Crippen molar-refractivity contribution >= 4 is 21.6 Å². The van der Waals surface area contributed by atoms with Gasteiger partial charge in [-0.25, -0.2) is 0 Å². The zero-order valence-electron chi connectivity index (χ0n) is 11.8. The van der Waals surface area contributed by atoms with Crippen LogP contribution in [0.1, 0.15) is 43.0 Å². The van der Waals surface area contributed by atoms with Crippen molar-refractivity contribution in [2.45, 2.75) is 45.2 Å². The standard InChI is InChI=1S/C16H20BrN3/c1-12-6-7-13(10-16(12)17)18-11-14-8-9-20(19-14)15-4-2-3-5-15/h6-10,15,18H,2-5,11H2,1H3. The van der Waals surface area contributed by atoms with Crippen molar-refractivity contribution in [1.29, 1.82) is 0 Å². The fourth-order valence-corrected chi connectivity index (χ4v) is 3.12. The third-order valence-corrected chi connectivity index (χ3v) is 4.86. The van der Waals surface area contributed by atoms with E-state index in [1.165, 1.54) is 31.2 Å². The number of nitrogens with zero attached hydrogens (tertiary/aromatic N) is 2. The van der Waals surface area contributed by atoms with Crippen molar-refractivity contribution < 1.29 is 0 Å². The van der Waals surface area contributed by atoms with E-state index in [4.69, 9.17) is 0 Å². The van der Waals surface area contributed by atoms with Crippen molar-refractivity contribution in [2.75, 3.05) is 5.32 Å². The second-order valence-electron chi connectivity index (χ2n) is 5.54. The molecule has 1 saturated carbocycles. The fraction of sp³-hybridized carbons (Fsp3) is 0.438. The van der Waals surface area contributed by atoms with E-state index in [-0.39, 0.29) is 0 Å². The number of halogens is 1. The van der Waals surface area contributed by atoms with E-state index in [9.17, 15) is 0 Å². The second-order valence-corrected chi connectivity index (χ2v) is 6.40. The summed E-state index contributed by atoms with van der Waals surface area (Å²) in [5, 5.41) is 8.12. The molecule has 0 saturated heterocycles. The molecule has 0 unspecified atom stereocenters. The van der Waals surface area contributed by atoms with Crippen LogP contribution in [0.4, 0.5) is 5.69 Å². The number of nitrogens with one attached hydrogen (secondary N) is 1. The highest BCUT2D eigenvalue weighted by Crippen LogP contribution is 2.28. The molecule has 0 bridgehead atoms. The maximum absolute atomic E-state index is 4.69. The zero-order valence-corrected chi connectivity index (χ0v) is 13.4. The molecule has 20 heavy (non-hydrogen) atoms. The van der Waals surface area contributed by atoms with Crippen LogP contribution in [-0.2, 0) is 6.54 Å². The van der Waals surface area contributed by atoms with E-state index in [1.54, 1.807) is 0 Å². The van der Waals surface area contributed by atoms with Gasteiger partial charge in [0.2, 0.25) is 0 Å². The molecule has 1 aliphatic carbocycles. The molecule has 1 heterocycles. The first kappa shape index (κ1) is 13.7. The van der Waals surface area contributed by atoms with Crippen LogP contribution >= 0.6 is 15.9 Å². The van der Waals surface area contributed by atoms with Gasteiger partial charge in [0.1, 0.15) is 0 Å². The van der Waals surface area contributed by atoms with E-state index in [1.807, 2.05) is 0 Å². The largest absolute Gasteiger partial charge is 0.379 e. The number of hydrogen-bond acceptors (Lipinski definition) is 2. The maximum atomic E-state index is 4.69. The molecule has 0 atom stereocenters. The van der Waals surface area contributed by atoms with Crippen molar-refractivity contribution in [3.63, 3.8) is 0 Å². The maximum Gasteiger partial charge on any atom is 0.0815 e. The van der Waals surface area contributed by atoms with Gasteiger partial charge in [0.25, 0.3) is 0 Å². The highest BCUT2D eigenvalue weighted by Gasteiger charge is 2.17. The lowest BCUT2D eigenvalue weighted by atomic mass is 10.2. The summed E-state index contributed by atoms with van der Waals surface area (Å²) in [7, 11) is 0. The minimum Gasteiger partial charge on any atom is -0.379 e. The van der Waals surface area contributed by atoms with E-state index in [2.05, 4.69) is 68.4 Å². The molecular formula is C16H20BrN3. The fourth-order valence-electron chi connectivity index (χ4n) is 2.74. The Kier molecular flexibility index (Phi) is 4.10. The first-order chi connectivity index (χ1) is 9.72. The lowest BCUT2D eigenvalue weighted by Gasteiger charge is -2.09. The van der Waals surface area contributed by atoms with Gasteiger partial charge in [0.15, 0.2) is 0 Å². The van der Waals surface area contributed by atoms with Crippen LogP contribution in [0.5, 0.6) is 0 Å². The van der Waals surface area contributed by atoms with Crippen molar-refractivity contribution in [3.05, 3.63) is 46.2 Å². The Balaban J connectivity index is 1.61. The van der Waals surface area contributed by atoms with Crippen LogP contribution < -0.4 is 5.32 Å². The summed E-state index contributed by atoms with van der Waals surface area (Å²) in [4.78, 5) is 0.